The number of nitro groups is 1. The Labute approximate surface area is 215 Å². The van der Waals surface area contributed by atoms with Crippen LogP contribution in [0.4, 0.5) is 5.69 Å². The maximum absolute atomic E-state index is 12.9. The smallest absolute Gasteiger partial charge is 0.285 e. The summed E-state index contributed by atoms with van der Waals surface area (Å²) in [7, 11) is 0. The summed E-state index contributed by atoms with van der Waals surface area (Å²) in [5, 5.41) is 12.6. The average Bonchev–Trinajstić information content (AvgIpc) is 3.35. The molecular formula is C24H18ClN3O5S2. The van der Waals surface area contributed by atoms with E-state index in [2.05, 4.69) is 5.43 Å². The van der Waals surface area contributed by atoms with E-state index < -0.39 is 16.7 Å². The van der Waals surface area contributed by atoms with E-state index in [1.165, 1.54) is 12.1 Å². The molecule has 11 heteroatoms. The van der Waals surface area contributed by atoms with Gasteiger partial charge in [-0.2, -0.15) is 5.01 Å². The summed E-state index contributed by atoms with van der Waals surface area (Å²) in [6.07, 6.45) is 1.50. The lowest BCUT2D eigenvalue weighted by molar-refractivity contribution is -0.385. The van der Waals surface area contributed by atoms with E-state index in [0.717, 1.165) is 27.9 Å². The quantitative estimate of drug-likeness (QED) is 0.188. The topological polar surface area (TPSA) is 106 Å². The van der Waals surface area contributed by atoms with Crippen molar-refractivity contribution in [1.29, 1.82) is 0 Å². The Bertz CT molecular complexity index is 1450. The molecule has 35 heavy (non-hydrogen) atoms. The van der Waals surface area contributed by atoms with Crippen LogP contribution >= 0.6 is 35.6 Å². The lowest BCUT2D eigenvalue weighted by Crippen LogP contribution is -2.44. The van der Waals surface area contributed by atoms with Gasteiger partial charge < -0.3 is 4.42 Å². The number of halogens is 1. The van der Waals surface area contributed by atoms with Gasteiger partial charge in [-0.05, 0) is 74.4 Å². The largest absolute Gasteiger partial charge is 0.457 e. The second-order valence-corrected chi connectivity index (χ2v) is 9.92. The highest BCUT2D eigenvalue weighted by molar-refractivity contribution is 8.26. The number of benzene rings is 2. The summed E-state index contributed by atoms with van der Waals surface area (Å²) in [5.41, 5.74) is 5.51. The first-order valence-electron chi connectivity index (χ1n) is 10.3. The summed E-state index contributed by atoms with van der Waals surface area (Å²) in [5.74, 6) is -0.310. The molecule has 0 aliphatic carbocycles. The van der Waals surface area contributed by atoms with Gasteiger partial charge >= 0.3 is 0 Å². The van der Waals surface area contributed by atoms with E-state index in [1.807, 2.05) is 6.92 Å². The Morgan fingerprint density at radius 3 is 2.63 bits per heavy atom. The van der Waals surface area contributed by atoms with Crippen LogP contribution in [0.3, 0.4) is 0 Å². The Morgan fingerprint density at radius 1 is 1.20 bits per heavy atom. The predicted molar refractivity (Wildman–Crippen MR) is 139 cm³/mol. The van der Waals surface area contributed by atoms with Gasteiger partial charge in [-0.25, -0.2) is 0 Å². The summed E-state index contributed by atoms with van der Waals surface area (Å²) in [6.45, 7) is 5.33. The molecular weight excluding hydrogens is 510 g/mol. The Kier molecular flexibility index (Phi) is 6.79. The zero-order chi connectivity index (χ0) is 25.4. The molecule has 1 N–H and O–H groups in total. The SMILES string of the molecule is Cc1ccc(C(=O)NN2C(=O)/C(=C\c3ccc(-c4cc(C)c(C)c([N+](=O)[O-])c4)o3)SC2=S)c(Cl)c1. The molecule has 0 atom stereocenters. The summed E-state index contributed by atoms with van der Waals surface area (Å²) >= 11 is 12.4. The number of carbonyl (C=O) groups excluding carboxylic acids is 2. The molecule has 1 saturated heterocycles. The minimum absolute atomic E-state index is 0.00300. The minimum atomic E-state index is -0.566. The van der Waals surface area contributed by atoms with Gasteiger partial charge in [0, 0.05) is 23.3 Å². The molecule has 0 radical (unpaired) electrons. The van der Waals surface area contributed by atoms with Gasteiger partial charge in [-0.1, -0.05) is 29.4 Å². The van der Waals surface area contributed by atoms with Crippen LogP contribution in [0.2, 0.25) is 5.02 Å². The maximum atomic E-state index is 12.9. The van der Waals surface area contributed by atoms with Crippen LogP contribution < -0.4 is 5.43 Å². The van der Waals surface area contributed by atoms with Crippen LogP contribution in [0.15, 0.2) is 51.8 Å². The average molecular weight is 528 g/mol. The van der Waals surface area contributed by atoms with Crippen molar-refractivity contribution in [3.05, 3.63) is 90.5 Å². The van der Waals surface area contributed by atoms with Crippen LogP contribution in [0, 0.1) is 30.9 Å². The monoisotopic (exact) mass is 527 g/mol. The predicted octanol–water partition coefficient (Wildman–Crippen LogP) is 5.98. The second kappa shape index (κ2) is 9.65. The van der Waals surface area contributed by atoms with Gasteiger partial charge in [-0.15, -0.1) is 0 Å². The lowest BCUT2D eigenvalue weighted by Gasteiger charge is -2.16. The second-order valence-electron chi connectivity index (χ2n) is 7.84. The highest BCUT2D eigenvalue weighted by Crippen LogP contribution is 2.34. The number of rotatable bonds is 5. The minimum Gasteiger partial charge on any atom is -0.457 e. The molecule has 178 valence electrons. The van der Waals surface area contributed by atoms with E-state index in [4.69, 9.17) is 28.2 Å². The molecule has 8 nitrogen and oxygen atoms in total. The fourth-order valence-corrected chi connectivity index (χ4v) is 4.90. The maximum Gasteiger partial charge on any atom is 0.285 e. The standard InChI is InChI=1S/C24H18ClN3O5S2/c1-12-4-6-17(18(25)8-12)22(29)26-27-23(30)21(35-24(27)34)11-16-5-7-20(33-16)15-9-13(2)14(3)19(10-15)28(31)32/h4-11H,1-3H3,(H,26,29)/b21-11+. The molecule has 0 saturated carbocycles. The van der Waals surface area contributed by atoms with Crippen molar-refractivity contribution in [3.63, 3.8) is 0 Å². The zero-order valence-corrected chi connectivity index (χ0v) is 21.1. The number of thioether (sulfide) groups is 1. The van der Waals surface area contributed by atoms with E-state index in [0.29, 0.717) is 22.6 Å². The van der Waals surface area contributed by atoms with Crippen molar-refractivity contribution in [2.24, 2.45) is 0 Å². The van der Waals surface area contributed by atoms with Gasteiger partial charge in [0.25, 0.3) is 17.5 Å². The van der Waals surface area contributed by atoms with Crippen molar-refractivity contribution in [2.45, 2.75) is 20.8 Å². The first kappa shape index (κ1) is 24.6. The molecule has 1 aliphatic rings. The van der Waals surface area contributed by atoms with Gasteiger partial charge in [0.1, 0.15) is 11.5 Å². The Morgan fingerprint density at radius 2 is 1.94 bits per heavy atom. The number of nitrogens with zero attached hydrogens (tertiary/aromatic N) is 2. The summed E-state index contributed by atoms with van der Waals surface area (Å²) in [4.78, 5) is 36.7. The molecule has 1 aromatic heterocycles. The molecule has 2 amide bonds. The van der Waals surface area contributed by atoms with E-state index in [-0.39, 0.29) is 25.5 Å². The molecule has 3 aromatic rings. The summed E-state index contributed by atoms with van der Waals surface area (Å²) < 4.78 is 5.97. The van der Waals surface area contributed by atoms with Crippen molar-refractivity contribution in [1.82, 2.24) is 10.4 Å². The molecule has 1 fully saturated rings. The van der Waals surface area contributed by atoms with Gasteiger partial charge in [0.15, 0.2) is 4.32 Å². The Balaban J connectivity index is 1.55. The van der Waals surface area contributed by atoms with E-state index in [9.17, 15) is 19.7 Å². The number of thiocarbonyl (C=S) groups is 1. The van der Waals surface area contributed by atoms with Crippen LogP contribution in [0.25, 0.3) is 17.4 Å². The normalized spacial score (nSPS) is 14.6. The lowest BCUT2D eigenvalue weighted by atomic mass is 10.0. The van der Waals surface area contributed by atoms with Gasteiger partial charge in [0.2, 0.25) is 0 Å². The fourth-order valence-electron chi connectivity index (χ4n) is 3.42. The van der Waals surface area contributed by atoms with Crippen molar-refractivity contribution < 1.29 is 18.9 Å². The number of nitrogens with one attached hydrogen (secondary N) is 1. The number of carbonyl (C=O) groups is 2. The van der Waals surface area contributed by atoms with Crippen molar-refractivity contribution in [2.75, 3.05) is 0 Å². The first-order chi connectivity index (χ1) is 16.5. The van der Waals surface area contributed by atoms with Crippen molar-refractivity contribution >= 4 is 63.5 Å². The Hall–Kier alpha value is -3.47. The third-order valence-electron chi connectivity index (χ3n) is 5.40. The molecule has 0 spiro atoms. The highest BCUT2D eigenvalue weighted by atomic mass is 35.5. The number of nitro benzene ring substituents is 1. The molecule has 1 aliphatic heterocycles. The van der Waals surface area contributed by atoms with Crippen LogP contribution in [-0.2, 0) is 4.79 Å². The van der Waals surface area contributed by atoms with Crippen LogP contribution in [0.5, 0.6) is 0 Å². The van der Waals surface area contributed by atoms with Crippen LogP contribution in [-0.4, -0.2) is 26.1 Å². The summed E-state index contributed by atoms with van der Waals surface area (Å²) in [6, 6.07) is 11.5. The number of hydrazine groups is 1. The highest BCUT2D eigenvalue weighted by Gasteiger charge is 2.34. The van der Waals surface area contributed by atoms with Crippen molar-refractivity contribution in [3.8, 4) is 11.3 Å². The van der Waals surface area contributed by atoms with Gasteiger partial charge in [0.05, 0.1) is 20.4 Å². The molecule has 0 unspecified atom stereocenters. The van der Waals surface area contributed by atoms with E-state index in [1.54, 1.807) is 50.2 Å². The third kappa shape index (κ3) is 5.00. The molecule has 2 aromatic carbocycles. The zero-order valence-electron chi connectivity index (χ0n) is 18.7. The number of hydrogen-bond donors (Lipinski definition) is 1. The number of aryl methyl sites for hydroxylation is 2. The van der Waals surface area contributed by atoms with Crippen LogP contribution in [0.1, 0.15) is 32.8 Å². The number of hydrogen-bond acceptors (Lipinski definition) is 7. The van der Waals surface area contributed by atoms with Gasteiger partial charge in [-0.3, -0.25) is 25.1 Å². The molecule has 4 rings (SSSR count). The number of amides is 2. The number of furan rings is 1. The molecule has 0 bridgehead atoms. The fraction of sp³-hybridized carbons (Fsp3) is 0.125. The molecule has 2 heterocycles. The van der Waals surface area contributed by atoms with E-state index >= 15 is 0 Å². The first-order valence-corrected chi connectivity index (χ1v) is 11.9. The third-order valence-corrected chi connectivity index (χ3v) is 7.01.